The number of hydrogen-bond donors (Lipinski definition) is 2. The highest BCUT2D eigenvalue weighted by Gasteiger charge is 2.33. The number of nitrogens with one attached hydrogen (secondary N) is 1. The zero-order chi connectivity index (χ0) is 21.3. The first-order valence-electron chi connectivity index (χ1n) is 9.46. The smallest absolute Gasteiger partial charge is 0.276 e. The number of nitrogens with zero attached hydrogens (tertiary/aromatic N) is 4. The summed E-state index contributed by atoms with van der Waals surface area (Å²) >= 11 is 0. The molecular formula is C21H21FN6O2. The molecule has 0 bridgehead atoms. The van der Waals surface area contributed by atoms with Gasteiger partial charge in [-0.25, -0.2) is 4.39 Å². The van der Waals surface area contributed by atoms with E-state index in [0.29, 0.717) is 30.0 Å². The van der Waals surface area contributed by atoms with E-state index in [2.05, 4.69) is 20.5 Å². The fourth-order valence-corrected chi connectivity index (χ4v) is 3.64. The maximum absolute atomic E-state index is 14.2. The number of carbonyl (C=O) groups excluding carboxylic acids is 1. The Bertz CT molecular complexity index is 1090. The quantitative estimate of drug-likeness (QED) is 0.646. The number of nitrogens with two attached hydrogens (primary N) is 1. The first-order chi connectivity index (χ1) is 14.5. The van der Waals surface area contributed by atoms with E-state index in [1.165, 1.54) is 13.2 Å². The summed E-state index contributed by atoms with van der Waals surface area (Å²) in [7, 11) is 1.49. The highest BCUT2D eigenvalue weighted by molar-refractivity contribution is 5.97. The molecule has 0 spiro atoms. The zero-order valence-corrected chi connectivity index (χ0v) is 16.6. The van der Waals surface area contributed by atoms with Crippen LogP contribution < -0.4 is 20.7 Å². The number of benzene rings is 2. The van der Waals surface area contributed by atoms with Gasteiger partial charge in [0.05, 0.1) is 12.8 Å². The molecule has 1 unspecified atom stereocenters. The predicted molar refractivity (Wildman–Crippen MR) is 110 cm³/mol. The van der Waals surface area contributed by atoms with Crippen LogP contribution in [0.3, 0.4) is 0 Å². The van der Waals surface area contributed by atoms with Crippen molar-refractivity contribution in [1.82, 2.24) is 15.2 Å². The van der Waals surface area contributed by atoms with Crippen LogP contribution in [0.1, 0.15) is 28.4 Å². The van der Waals surface area contributed by atoms with Crippen LogP contribution in [0.25, 0.3) is 0 Å². The van der Waals surface area contributed by atoms with Gasteiger partial charge in [-0.05, 0) is 36.6 Å². The Morgan fingerprint density at radius 1 is 1.30 bits per heavy atom. The molecule has 1 aliphatic rings. The molecule has 3 aromatic rings. The van der Waals surface area contributed by atoms with Gasteiger partial charge in [-0.2, -0.15) is 4.98 Å². The highest BCUT2D eigenvalue weighted by Crippen LogP contribution is 2.39. The third-order valence-electron chi connectivity index (χ3n) is 5.01. The third-order valence-corrected chi connectivity index (χ3v) is 5.01. The van der Waals surface area contributed by atoms with Crippen molar-refractivity contribution in [1.29, 1.82) is 0 Å². The lowest BCUT2D eigenvalue weighted by atomic mass is 10.0. The summed E-state index contributed by atoms with van der Waals surface area (Å²) in [6.45, 7) is 2.45. The number of halogens is 1. The summed E-state index contributed by atoms with van der Waals surface area (Å²) in [6, 6.07) is 12.2. The topological polar surface area (TPSA) is 106 Å². The molecule has 9 heteroatoms. The summed E-state index contributed by atoms with van der Waals surface area (Å²) in [5.74, 6) is -0.277. The van der Waals surface area contributed by atoms with Gasteiger partial charge in [0, 0.05) is 18.2 Å². The average molecular weight is 408 g/mol. The van der Waals surface area contributed by atoms with Gasteiger partial charge >= 0.3 is 0 Å². The number of fused-ring (bicyclic) bond motifs is 1. The monoisotopic (exact) mass is 408 g/mol. The molecule has 8 nitrogen and oxygen atoms in total. The number of aromatic nitrogens is 3. The SMILES string of the molecule is COc1nnc(N2c3cc(F)cc(C(N)=O)c3CC2C)nc1NCc1ccccc1. The lowest BCUT2D eigenvalue weighted by Crippen LogP contribution is -2.26. The molecular weight excluding hydrogens is 387 g/mol. The lowest BCUT2D eigenvalue weighted by molar-refractivity contribution is 0.0999. The third kappa shape index (κ3) is 3.61. The molecule has 1 aromatic heterocycles. The van der Waals surface area contributed by atoms with E-state index < -0.39 is 11.7 Å². The van der Waals surface area contributed by atoms with Crippen molar-refractivity contribution in [3.63, 3.8) is 0 Å². The van der Waals surface area contributed by atoms with E-state index >= 15 is 0 Å². The number of ether oxygens (including phenoxy) is 1. The van der Waals surface area contributed by atoms with Crippen LogP contribution in [-0.4, -0.2) is 34.2 Å². The molecule has 1 amide bonds. The molecule has 2 aromatic carbocycles. The van der Waals surface area contributed by atoms with Gasteiger partial charge in [0.2, 0.25) is 5.91 Å². The van der Waals surface area contributed by atoms with Crippen LogP contribution in [0.2, 0.25) is 0 Å². The molecule has 0 saturated carbocycles. The van der Waals surface area contributed by atoms with Crippen LogP contribution in [0.15, 0.2) is 42.5 Å². The Morgan fingerprint density at radius 2 is 2.07 bits per heavy atom. The first-order valence-corrected chi connectivity index (χ1v) is 9.46. The maximum atomic E-state index is 14.2. The van der Waals surface area contributed by atoms with Crippen LogP contribution in [0.4, 0.5) is 21.8 Å². The van der Waals surface area contributed by atoms with Crippen molar-refractivity contribution in [3.05, 3.63) is 65.0 Å². The number of primary amides is 1. The number of anilines is 3. The first kappa shape index (κ1) is 19.6. The molecule has 1 atom stereocenters. The normalized spacial score (nSPS) is 15.0. The second-order valence-electron chi connectivity index (χ2n) is 7.05. The van der Waals surface area contributed by atoms with Crippen LogP contribution in [0.5, 0.6) is 5.88 Å². The molecule has 2 heterocycles. The Morgan fingerprint density at radius 3 is 2.77 bits per heavy atom. The lowest BCUT2D eigenvalue weighted by Gasteiger charge is -2.23. The van der Waals surface area contributed by atoms with E-state index in [-0.39, 0.29) is 23.4 Å². The average Bonchev–Trinajstić information content (AvgIpc) is 3.07. The van der Waals surface area contributed by atoms with Gasteiger partial charge in [0.1, 0.15) is 5.82 Å². The molecule has 0 aliphatic carbocycles. The zero-order valence-electron chi connectivity index (χ0n) is 16.6. The number of methoxy groups -OCH3 is 1. The number of hydrogen-bond acceptors (Lipinski definition) is 7. The Balaban J connectivity index is 1.71. The highest BCUT2D eigenvalue weighted by atomic mass is 19.1. The minimum absolute atomic E-state index is 0.114. The van der Waals surface area contributed by atoms with Crippen molar-refractivity contribution < 1.29 is 13.9 Å². The Kier molecular flexibility index (Phi) is 5.18. The summed E-state index contributed by atoms with van der Waals surface area (Å²) in [6.07, 6.45) is 0.510. The van der Waals surface area contributed by atoms with E-state index in [1.807, 2.05) is 37.3 Å². The van der Waals surface area contributed by atoms with Gasteiger partial charge in [0.15, 0.2) is 5.82 Å². The van der Waals surface area contributed by atoms with Crippen LogP contribution in [-0.2, 0) is 13.0 Å². The van der Waals surface area contributed by atoms with Gasteiger partial charge in [0.25, 0.3) is 11.8 Å². The van der Waals surface area contributed by atoms with E-state index in [0.717, 1.165) is 11.6 Å². The van der Waals surface area contributed by atoms with Crippen molar-refractivity contribution in [2.75, 3.05) is 17.3 Å². The molecule has 0 radical (unpaired) electrons. The van der Waals surface area contributed by atoms with Crippen molar-refractivity contribution in [2.45, 2.75) is 25.9 Å². The predicted octanol–water partition coefficient (Wildman–Crippen LogP) is 2.81. The molecule has 154 valence electrons. The summed E-state index contributed by atoms with van der Waals surface area (Å²) in [5.41, 5.74) is 7.87. The minimum atomic E-state index is -0.668. The number of carbonyl (C=O) groups is 1. The van der Waals surface area contributed by atoms with Crippen molar-refractivity contribution >= 4 is 23.4 Å². The Hall–Kier alpha value is -3.75. The van der Waals surface area contributed by atoms with E-state index in [9.17, 15) is 9.18 Å². The van der Waals surface area contributed by atoms with Gasteiger partial charge in [-0.1, -0.05) is 30.3 Å². The van der Waals surface area contributed by atoms with Crippen molar-refractivity contribution in [3.8, 4) is 5.88 Å². The largest absolute Gasteiger partial charge is 0.477 e. The molecule has 0 fully saturated rings. The maximum Gasteiger partial charge on any atom is 0.276 e. The summed E-state index contributed by atoms with van der Waals surface area (Å²) < 4.78 is 19.5. The second-order valence-corrected chi connectivity index (χ2v) is 7.05. The number of rotatable bonds is 6. The second kappa shape index (κ2) is 7.94. The molecule has 0 saturated heterocycles. The van der Waals surface area contributed by atoms with Crippen LogP contribution >= 0.6 is 0 Å². The summed E-state index contributed by atoms with van der Waals surface area (Å²) in [4.78, 5) is 18.1. The summed E-state index contributed by atoms with van der Waals surface area (Å²) in [5, 5.41) is 11.5. The van der Waals surface area contributed by atoms with E-state index in [4.69, 9.17) is 10.5 Å². The van der Waals surface area contributed by atoms with Gasteiger partial charge < -0.3 is 20.7 Å². The van der Waals surface area contributed by atoms with Crippen molar-refractivity contribution in [2.24, 2.45) is 5.73 Å². The molecule has 1 aliphatic heterocycles. The molecule has 4 rings (SSSR count). The van der Waals surface area contributed by atoms with Gasteiger partial charge in [-0.3, -0.25) is 4.79 Å². The molecule has 30 heavy (non-hydrogen) atoms. The van der Waals surface area contributed by atoms with E-state index in [1.54, 1.807) is 4.90 Å². The van der Waals surface area contributed by atoms with Gasteiger partial charge in [-0.15, -0.1) is 10.2 Å². The molecule has 3 N–H and O–H groups in total. The van der Waals surface area contributed by atoms with Crippen LogP contribution in [0, 0.1) is 5.82 Å². The minimum Gasteiger partial charge on any atom is -0.477 e. The Labute approximate surface area is 172 Å². The standard InChI is InChI=1S/C21H21FN6O2/c1-12-8-15-16(18(23)29)9-14(22)10-17(15)28(12)21-25-19(20(30-2)26-27-21)24-11-13-6-4-3-5-7-13/h3-7,9-10,12H,8,11H2,1-2H3,(H2,23,29)(H,24,25,27). The fraction of sp³-hybridized carbons (Fsp3) is 0.238. The fourth-order valence-electron chi connectivity index (χ4n) is 3.64. The number of amides is 1.